The van der Waals surface area contributed by atoms with Crippen LogP contribution in [-0.4, -0.2) is 26.2 Å². The second-order valence-corrected chi connectivity index (χ2v) is 4.53. The summed E-state index contributed by atoms with van der Waals surface area (Å²) in [5.41, 5.74) is 1.25. The minimum atomic E-state index is -0.515. The summed E-state index contributed by atoms with van der Waals surface area (Å²) in [6, 6.07) is 2.93. The maximum atomic E-state index is 11.1. The molecular formula is C13H17N5O3. The molecule has 112 valence electrons. The lowest BCUT2D eigenvalue weighted by molar-refractivity contribution is -0.386. The van der Waals surface area contributed by atoms with Crippen LogP contribution in [0.15, 0.2) is 12.1 Å². The van der Waals surface area contributed by atoms with Gasteiger partial charge in [-0.05, 0) is 26.8 Å². The van der Waals surface area contributed by atoms with Crippen LogP contribution in [0.5, 0.6) is 11.6 Å². The zero-order valence-electron chi connectivity index (χ0n) is 12.4. The van der Waals surface area contributed by atoms with E-state index in [0.717, 1.165) is 5.69 Å². The lowest BCUT2D eigenvalue weighted by Gasteiger charge is -2.08. The molecule has 0 bridgehead atoms. The van der Waals surface area contributed by atoms with Crippen LogP contribution in [0.3, 0.4) is 0 Å². The fourth-order valence-electron chi connectivity index (χ4n) is 1.93. The molecule has 0 saturated heterocycles. The third-order valence-corrected chi connectivity index (χ3v) is 3.04. The molecule has 8 nitrogen and oxygen atoms in total. The molecule has 0 amide bonds. The molecule has 0 fully saturated rings. The topological polar surface area (TPSA) is 95.1 Å². The monoisotopic (exact) mass is 291 g/mol. The molecule has 0 radical (unpaired) electrons. The molecule has 0 spiro atoms. The summed E-state index contributed by atoms with van der Waals surface area (Å²) in [7, 11) is 1.78. The van der Waals surface area contributed by atoms with E-state index < -0.39 is 4.92 Å². The lowest BCUT2D eigenvalue weighted by atomic mass is 10.3. The Hall–Kier alpha value is -2.64. The zero-order chi connectivity index (χ0) is 15.6. The standard InChI is InChI=1S/C13H17N5O3/c1-5-14-11-7-6-10(18(19)20)13(15-11)21-12-8(2)16-17(4)9(12)3/h6-7H,5H2,1-4H3,(H,14,15). The molecule has 0 aromatic carbocycles. The van der Waals surface area contributed by atoms with Crippen LogP contribution < -0.4 is 10.1 Å². The van der Waals surface area contributed by atoms with Crippen molar-refractivity contribution >= 4 is 11.5 Å². The number of pyridine rings is 1. The van der Waals surface area contributed by atoms with E-state index in [0.29, 0.717) is 23.8 Å². The smallest absolute Gasteiger partial charge is 0.331 e. The lowest BCUT2D eigenvalue weighted by Crippen LogP contribution is -2.03. The molecule has 2 aromatic heterocycles. The fourth-order valence-corrected chi connectivity index (χ4v) is 1.93. The normalized spacial score (nSPS) is 10.5. The van der Waals surface area contributed by atoms with Gasteiger partial charge in [0.1, 0.15) is 11.5 Å². The van der Waals surface area contributed by atoms with Gasteiger partial charge >= 0.3 is 11.6 Å². The van der Waals surface area contributed by atoms with Gasteiger partial charge in [0, 0.05) is 19.7 Å². The van der Waals surface area contributed by atoms with Crippen molar-refractivity contribution in [1.29, 1.82) is 0 Å². The van der Waals surface area contributed by atoms with Gasteiger partial charge in [0.2, 0.25) is 0 Å². The number of nitro groups is 1. The number of hydrogen-bond donors (Lipinski definition) is 1. The molecule has 0 saturated carbocycles. The molecule has 2 aromatic rings. The Kier molecular flexibility index (Phi) is 4.06. The largest absolute Gasteiger partial charge is 0.430 e. The van der Waals surface area contributed by atoms with Crippen LogP contribution in [0.2, 0.25) is 0 Å². The summed E-state index contributed by atoms with van der Waals surface area (Å²) >= 11 is 0. The molecule has 2 rings (SSSR count). The molecule has 21 heavy (non-hydrogen) atoms. The molecule has 0 aliphatic heterocycles. The van der Waals surface area contributed by atoms with Gasteiger partial charge in [-0.25, -0.2) is 0 Å². The Labute approximate surface area is 121 Å². The Balaban J connectivity index is 2.45. The van der Waals surface area contributed by atoms with E-state index in [1.54, 1.807) is 24.7 Å². The SMILES string of the molecule is CCNc1ccc([N+](=O)[O-])c(Oc2c(C)nn(C)c2C)n1. The van der Waals surface area contributed by atoms with Crippen LogP contribution in [0, 0.1) is 24.0 Å². The van der Waals surface area contributed by atoms with Crippen LogP contribution in [-0.2, 0) is 7.05 Å². The van der Waals surface area contributed by atoms with E-state index in [4.69, 9.17) is 4.74 Å². The van der Waals surface area contributed by atoms with E-state index in [2.05, 4.69) is 15.4 Å². The minimum Gasteiger partial charge on any atom is -0.430 e. The highest BCUT2D eigenvalue weighted by molar-refractivity contribution is 5.51. The van der Waals surface area contributed by atoms with Crippen LogP contribution in [0.4, 0.5) is 11.5 Å². The molecule has 0 aliphatic carbocycles. The molecule has 0 unspecified atom stereocenters. The third kappa shape index (κ3) is 2.93. The summed E-state index contributed by atoms with van der Waals surface area (Å²) in [6.45, 7) is 6.19. The number of nitrogens with zero attached hydrogens (tertiary/aromatic N) is 4. The molecular weight excluding hydrogens is 274 g/mol. The third-order valence-electron chi connectivity index (χ3n) is 3.04. The van der Waals surface area contributed by atoms with Crippen molar-refractivity contribution in [1.82, 2.24) is 14.8 Å². The van der Waals surface area contributed by atoms with Crippen molar-refractivity contribution in [3.63, 3.8) is 0 Å². The van der Waals surface area contributed by atoms with Gasteiger partial charge < -0.3 is 10.1 Å². The first-order chi connectivity index (χ1) is 9.93. The number of nitrogens with one attached hydrogen (secondary N) is 1. The summed E-state index contributed by atoms with van der Waals surface area (Å²) in [6.07, 6.45) is 0. The molecule has 0 aliphatic rings. The van der Waals surface area contributed by atoms with Gasteiger partial charge in [0.15, 0.2) is 5.75 Å². The van der Waals surface area contributed by atoms with Gasteiger partial charge in [0.25, 0.3) is 0 Å². The molecule has 0 atom stereocenters. The van der Waals surface area contributed by atoms with Crippen LogP contribution >= 0.6 is 0 Å². The van der Waals surface area contributed by atoms with Gasteiger partial charge in [-0.3, -0.25) is 14.8 Å². The zero-order valence-corrected chi connectivity index (χ0v) is 12.4. The highest BCUT2D eigenvalue weighted by atomic mass is 16.6. The Morgan fingerprint density at radius 1 is 1.43 bits per heavy atom. The van der Waals surface area contributed by atoms with Gasteiger partial charge in [0.05, 0.1) is 10.6 Å². The maximum Gasteiger partial charge on any atom is 0.331 e. The number of ether oxygens (including phenoxy) is 1. The predicted octanol–water partition coefficient (Wildman–Crippen LogP) is 2.56. The van der Waals surface area contributed by atoms with Crippen molar-refractivity contribution in [3.05, 3.63) is 33.6 Å². The fraction of sp³-hybridized carbons (Fsp3) is 0.385. The second kappa shape index (κ2) is 5.78. The number of aryl methyl sites for hydroxylation is 2. The summed E-state index contributed by atoms with van der Waals surface area (Å²) < 4.78 is 7.32. The highest BCUT2D eigenvalue weighted by Crippen LogP contribution is 2.33. The Morgan fingerprint density at radius 2 is 2.14 bits per heavy atom. The first kappa shape index (κ1) is 14.8. The van der Waals surface area contributed by atoms with Crippen molar-refractivity contribution in [3.8, 4) is 11.6 Å². The number of rotatable bonds is 5. The van der Waals surface area contributed by atoms with Crippen molar-refractivity contribution < 1.29 is 9.66 Å². The maximum absolute atomic E-state index is 11.1. The van der Waals surface area contributed by atoms with Gasteiger partial charge in [-0.2, -0.15) is 10.1 Å². The quantitative estimate of drug-likeness (QED) is 0.672. The Morgan fingerprint density at radius 3 is 2.67 bits per heavy atom. The second-order valence-electron chi connectivity index (χ2n) is 4.53. The highest BCUT2D eigenvalue weighted by Gasteiger charge is 2.21. The van der Waals surface area contributed by atoms with Gasteiger partial charge in [-0.1, -0.05) is 0 Å². The molecule has 2 heterocycles. The average Bonchev–Trinajstić information content (AvgIpc) is 2.66. The number of hydrogen-bond acceptors (Lipinski definition) is 6. The van der Waals surface area contributed by atoms with Gasteiger partial charge in [-0.15, -0.1) is 0 Å². The van der Waals surface area contributed by atoms with Crippen molar-refractivity contribution in [2.75, 3.05) is 11.9 Å². The van der Waals surface area contributed by atoms with E-state index in [9.17, 15) is 10.1 Å². The first-order valence-corrected chi connectivity index (χ1v) is 6.51. The van der Waals surface area contributed by atoms with E-state index in [1.165, 1.54) is 6.07 Å². The minimum absolute atomic E-state index is 0.0438. The summed E-state index contributed by atoms with van der Waals surface area (Å²) in [5.74, 6) is 0.969. The van der Waals surface area contributed by atoms with Crippen molar-refractivity contribution in [2.24, 2.45) is 7.05 Å². The predicted molar refractivity (Wildman–Crippen MR) is 77.8 cm³/mol. The van der Waals surface area contributed by atoms with Crippen LogP contribution in [0.25, 0.3) is 0 Å². The average molecular weight is 291 g/mol. The van der Waals surface area contributed by atoms with Crippen molar-refractivity contribution in [2.45, 2.75) is 20.8 Å². The Bertz CT molecular complexity index is 681. The number of anilines is 1. The number of aromatic nitrogens is 3. The first-order valence-electron chi connectivity index (χ1n) is 6.51. The summed E-state index contributed by atoms with van der Waals surface area (Å²) in [4.78, 5) is 14.7. The summed E-state index contributed by atoms with van der Waals surface area (Å²) in [5, 5.41) is 18.3. The van der Waals surface area contributed by atoms with E-state index in [-0.39, 0.29) is 11.6 Å². The van der Waals surface area contributed by atoms with E-state index >= 15 is 0 Å². The van der Waals surface area contributed by atoms with Crippen LogP contribution in [0.1, 0.15) is 18.3 Å². The molecule has 8 heteroatoms. The van der Waals surface area contributed by atoms with E-state index in [1.807, 2.05) is 13.8 Å². The molecule has 1 N–H and O–H groups in total.